The van der Waals surface area contributed by atoms with E-state index in [1.807, 2.05) is 0 Å². The number of aryl methyl sites for hydroxylation is 2. The third-order valence-corrected chi connectivity index (χ3v) is 5.77. The first-order chi connectivity index (χ1) is 8.08. The van der Waals surface area contributed by atoms with Gasteiger partial charge in [0.15, 0.2) is 0 Å². The largest absolute Gasteiger partial charge is 0.350 e. The molecule has 1 aromatic heterocycles. The molecule has 1 aliphatic carbocycles. The number of hydrogen-bond acceptors (Lipinski definition) is 2. The highest BCUT2D eigenvalue weighted by atomic mass is 79.9. The molecular formula is C13H18BrNOS. The number of carbonyl (C=O) groups excluding carboxylic acids is 1. The molecule has 0 aromatic carbocycles. The molecule has 1 amide bonds. The highest BCUT2D eigenvalue weighted by molar-refractivity contribution is 9.09. The van der Waals surface area contributed by atoms with Crippen LogP contribution < -0.4 is 5.32 Å². The molecule has 1 unspecified atom stereocenters. The van der Waals surface area contributed by atoms with Crippen LogP contribution in [-0.4, -0.2) is 17.3 Å². The molecule has 0 radical (unpaired) electrons. The Morgan fingerprint density at radius 2 is 2.29 bits per heavy atom. The molecule has 1 aromatic rings. The Morgan fingerprint density at radius 1 is 1.53 bits per heavy atom. The molecule has 1 N–H and O–H groups in total. The number of amides is 1. The van der Waals surface area contributed by atoms with Crippen molar-refractivity contribution >= 4 is 33.2 Å². The smallest absolute Gasteiger partial charge is 0.261 e. The van der Waals surface area contributed by atoms with Gasteiger partial charge in [-0.25, -0.2) is 0 Å². The molecule has 0 saturated heterocycles. The van der Waals surface area contributed by atoms with Gasteiger partial charge in [0.05, 0.1) is 4.88 Å². The minimum atomic E-state index is 0.0782. The molecule has 1 heterocycles. The van der Waals surface area contributed by atoms with E-state index in [0.717, 1.165) is 17.7 Å². The monoisotopic (exact) mass is 315 g/mol. The molecule has 1 atom stereocenters. The van der Waals surface area contributed by atoms with Gasteiger partial charge in [0.25, 0.3) is 5.91 Å². The predicted octanol–water partition coefficient (Wildman–Crippen LogP) is 3.39. The Labute approximate surface area is 115 Å². The number of carbonyl (C=O) groups is 1. The quantitative estimate of drug-likeness (QED) is 0.848. The zero-order valence-electron chi connectivity index (χ0n) is 10.3. The van der Waals surface area contributed by atoms with Crippen LogP contribution in [0.1, 0.15) is 40.4 Å². The van der Waals surface area contributed by atoms with Crippen molar-refractivity contribution in [2.24, 2.45) is 5.92 Å². The normalized spacial score (nSPS) is 16.0. The van der Waals surface area contributed by atoms with Crippen molar-refractivity contribution < 1.29 is 4.79 Å². The minimum absolute atomic E-state index is 0.0782. The van der Waals surface area contributed by atoms with E-state index in [1.165, 1.54) is 16.9 Å². The maximum atomic E-state index is 12.0. The van der Waals surface area contributed by atoms with Gasteiger partial charge in [0, 0.05) is 16.2 Å². The molecule has 17 heavy (non-hydrogen) atoms. The third kappa shape index (κ3) is 3.10. The third-order valence-electron chi connectivity index (χ3n) is 3.15. The van der Waals surface area contributed by atoms with Crippen LogP contribution in [0.4, 0.5) is 0 Å². The lowest BCUT2D eigenvalue weighted by Gasteiger charge is -2.13. The van der Waals surface area contributed by atoms with Crippen LogP contribution in [-0.2, 0) is 12.8 Å². The average molecular weight is 316 g/mol. The topological polar surface area (TPSA) is 29.1 Å². The Kier molecular flexibility index (Phi) is 4.26. The Bertz CT molecular complexity index is 392. The van der Waals surface area contributed by atoms with Gasteiger partial charge in [-0.3, -0.25) is 4.79 Å². The summed E-state index contributed by atoms with van der Waals surface area (Å²) in [6.07, 6.45) is 3.55. The van der Waals surface area contributed by atoms with Crippen molar-refractivity contribution in [3.8, 4) is 0 Å². The molecule has 1 aliphatic rings. The van der Waals surface area contributed by atoms with Crippen LogP contribution >= 0.6 is 27.3 Å². The first-order valence-corrected chi connectivity index (χ1v) is 7.85. The Balaban J connectivity index is 1.91. The fraction of sp³-hybridized carbons (Fsp3) is 0.615. The van der Waals surface area contributed by atoms with Crippen LogP contribution in [0.2, 0.25) is 0 Å². The lowest BCUT2D eigenvalue weighted by molar-refractivity contribution is 0.0957. The highest BCUT2D eigenvalue weighted by Gasteiger charge is 2.19. The summed E-state index contributed by atoms with van der Waals surface area (Å²) >= 11 is 5.24. The summed E-state index contributed by atoms with van der Waals surface area (Å²) in [5.41, 5.74) is 1.39. The zero-order chi connectivity index (χ0) is 12.4. The van der Waals surface area contributed by atoms with Crippen molar-refractivity contribution in [1.29, 1.82) is 0 Å². The summed E-state index contributed by atoms with van der Waals surface area (Å²) < 4.78 is 0. The molecule has 0 bridgehead atoms. The van der Waals surface area contributed by atoms with Gasteiger partial charge in [-0.1, -0.05) is 29.8 Å². The van der Waals surface area contributed by atoms with Crippen LogP contribution in [0, 0.1) is 5.92 Å². The van der Waals surface area contributed by atoms with Gasteiger partial charge < -0.3 is 5.32 Å². The van der Waals surface area contributed by atoms with E-state index in [1.54, 1.807) is 11.3 Å². The van der Waals surface area contributed by atoms with Crippen molar-refractivity contribution in [3.63, 3.8) is 0 Å². The number of thiophene rings is 1. The minimum Gasteiger partial charge on any atom is -0.350 e. The number of alkyl halides is 1. The maximum absolute atomic E-state index is 12.0. The summed E-state index contributed by atoms with van der Waals surface area (Å²) in [5.74, 6) is 0.609. The molecule has 94 valence electrons. The van der Waals surface area contributed by atoms with E-state index in [9.17, 15) is 4.79 Å². The fourth-order valence-electron chi connectivity index (χ4n) is 1.95. The molecular weight excluding hydrogens is 298 g/mol. The predicted molar refractivity (Wildman–Crippen MR) is 76.2 cm³/mol. The molecule has 0 spiro atoms. The second-order valence-corrected chi connectivity index (χ2v) is 7.20. The fourth-order valence-corrected chi connectivity index (χ4v) is 3.29. The number of hydrogen-bond donors (Lipinski definition) is 1. The van der Waals surface area contributed by atoms with Crippen LogP contribution in [0.5, 0.6) is 0 Å². The second-order valence-electron chi connectivity index (χ2n) is 4.88. The Morgan fingerprint density at radius 3 is 2.94 bits per heavy atom. The molecule has 2 rings (SSSR count). The summed E-state index contributed by atoms with van der Waals surface area (Å²) in [5, 5.41) is 2.99. The van der Waals surface area contributed by atoms with Crippen LogP contribution in [0.15, 0.2) is 6.07 Å². The molecule has 0 aliphatic heterocycles. The van der Waals surface area contributed by atoms with Crippen molar-refractivity contribution in [1.82, 2.24) is 5.32 Å². The van der Waals surface area contributed by atoms with Crippen LogP contribution in [0.3, 0.4) is 0 Å². The van der Waals surface area contributed by atoms with Crippen molar-refractivity contribution in [2.45, 2.75) is 37.9 Å². The van der Waals surface area contributed by atoms with Gasteiger partial charge in [-0.2, -0.15) is 0 Å². The van der Waals surface area contributed by atoms with E-state index in [-0.39, 0.29) is 5.91 Å². The lowest BCUT2D eigenvalue weighted by Crippen LogP contribution is -2.31. The lowest BCUT2D eigenvalue weighted by atomic mass is 10.1. The number of rotatable bonds is 4. The van der Waals surface area contributed by atoms with E-state index >= 15 is 0 Å². The first-order valence-electron chi connectivity index (χ1n) is 6.11. The highest BCUT2D eigenvalue weighted by Crippen LogP contribution is 2.30. The average Bonchev–Trinajstić information content (AvgIpc) is 2.84. The number of halogens is 1. The summed E-state index contributed by atoms with van der Waals surface area (Å²) in [4.78, 5) is 14.6. The second kappa shape index (κ2) is 5.53. The van der Waals surface area contributed by atoms with Gasteiger partial charge in [-0.05, 0) is 36.8 Å². The van der Waals surface area contributed by atoms with Gasteiger partial charge in [0.2, 0.25) is 0 Å². The van der Waals surface area contributed by atoms with Crippen molar-refractivity contribution in [3.05, 3.63) is 21.4 Å². The van der Waals surface area contributed by atoms with E-state index < -0.39 is 0 Å². The Hall–Kier alpha value is -0.350. The van der Waals surface area contributed by atoms with Crippen molar-refractivity contribution in [2.75, 3.05) is 6.54 Å². The summed E-state index contributed by atoms with van der Waals surface area (Å²) in [7, 11) is 0. The summed E-state index contributed by atoms with van der Waals surface area (Å²) in [6, 6.07) is 2.07. The molecule has 4 heteroatoms. The first kappa shape index (κ1) is 13.1. The molecule has 0 fully saturated rings. The SMILES string of the molecule is CC(C)C(Br)CNC(=O)c1cc2c(s1)CCC2. The van der Waals surface area contributed by atoms with Crippen LogP contribution in [0.25, 0.3) is 0 Å². The zero-order valence-corrected chi connectivity index (χ0v) is 12.7. The molecule has 0 saturated carbocycles. The van der Waals surface area contributed by atoms with Gasteiger partial charge >= 0.3 is 0 Å². The van der Waals surface area contributed by atoms with E-state index in [4.69, 9.17) is 0 Å². The number of nitrogens with one attached hydrogen (secondary N) is 1. The standard InChI is InChI=1S/C13H18BrNOS/c1-8(2)10(14)7-15-13(16)12-6-9-4-3-5-11(9)17-12/h6,8,10H,3-5,7H2,1-2H3,(H,15,16). The number of fused-ring (bicyclic) bond motifs is 1. The van der Waals surface area contributed by atoms with E-state index in [0.29, 0.717) is 17.3 Å². The molecule has 2 nitrogen and oxygen atoms in total. The van der Waals surface area contributed by atoms with Gasteiger partial charge in [0.1, 0.15) is 0 Å². The van der Waals surface area contributed by atoms with E-state index in [2.05, 4.69) is 41.2 Å². The van der Waals surface area contributed by atoms with Gasteiger partial charge in [-0.15, -0.1) is 11.3 Å². The summed E-state index contributed by atoms with van der Waals surface area (Å²) in [6.45, 7) is 4.98. The maximum Gasteiger partial charge on any atom is 0.261 e.